The quantitative estimate of drug-likeness (QED) is 0.591. The van der Waals surface area contributed by atoms with Crippen molar-refractivity contribution in [2.75, 3.05) is 21.1 Å². The lowest BCUT2D eigenvalue weighted by Crippen LogP contribution is -2.36. The lowest BCUT2D eigenvalue weighted by Gasteiger charge is -2.15. The monoisotopic (exact) mass is 356 g/mol. The van der Waals surface area contributed by atoms with Gasteiger partial charge in [0, 0.05) is 32.2 Å². The van der Waals surface area contributed by atoms with Gasteiger partial charge in [-0.15, -0.1) is 0 Å². The number of halogens is 1. The van der Waals surface area contributed by atoms with E-state index in [0.717, 1.165) is 24.5 Å². The minimum Gasteiger partial charge on any atom is -0.352 e. The van der Waals surface area contributed by atoms with Gasteiger partial charge >= 0.3 is 0 Å². The molecule has 140 valence electrons. The van der Waals surface area contributed by atoms with E-state index >= 15 is 0 Å². The maximum atomic E-state index is 13.9. The highest BCUT2D eigenvalue weighted by molar-refractivity contribution is 5.79. The van der Waals surface area contributed by atoms with Crippen LogP contribution in [0.5, 0.6) is 0 Å². The average molecular weight is 356 g/mol. The van der Waals surface area contributed by atoms with Crippen LogP contribution >= 0.6 is 0 Å². The van der Waals surface area contributed by atoms with E-state index in [1.807, 2.05) is 25.1 Å². The van der Waals surface area contributed by atoms with E-state index in [1.54, 1.807) is 13.1 Å². The molecule has 0 amide bonds. The van der Waals surface area contributed by atoms with Gasteiger partial charge < -0.3 is 15.5 Å². The number of aryl methyl sites for hydroxylation is 1. The molecule has 0 bridgehead atoms. The van der Waals surface area contributed by atoms with Crippen LogP contribution in [0.25, 0.3) is 0 Å². The highest BCUT2D eigenvalue weighted by Gasteiger charge is 2.06. The Kier molecular flexibility index (Phi) is 7.60. The third kappa shape index (κ3) is 5.85. The maximum Gasteiger partial charge on any atom is 0.191 e. The summed E-state index contributed by atoms with van der Waals surface area (Å²) in [5, 5.41) is 6.64. The highest BCUT2D eigenvalue weighted by Crippen LogP contribution is 2.12. The summed E-state index contributed by atoms with van der Waals surface area (Å²) in [4.78, 5) is 6.23. The van der Waals surface area contributed by atoms with Crippen LogP contribution in [-0.4, -0.2) is 32.0 Å². The molecular formula is C21H29FN4. The minimum absolute atomic E-state index is 0.166. The standard InChI is InChI=1S/C21H29FN4/c1-5-17-8-6-7-9-18(17)14-25-21(23-2)24-13-16-10-11-20(22)19(12-16)15-26(3)4/h6-12H,5,13-15H2,1-4H3,(H2,23,24,25). The Bertz CT molecular complexity index is 741. The summed E-state index contributed by atoms with van der Waals surface area (Å²) >= 11 is 0. The SMILES string of the molecule is CCc1ccccc1CNC(=NC)NCc1ccc(F)c(CN(C)C)c1. The van der Waals surface area contributed by atoms with Gasteiger partial charge in [-0.25, -0.2) is 4.39 Å². The molecule has 2 N–H and O–H groups in total. The smallest absolute Gasteiger partial charge is 0.191 e. The van der Waals surface area contributed by atoms with E-state index in [0.29, 0.717) is 18.7 Å². The third-order valence-corrected chi connectivity index (χ3v) is 4.23. The van der Waals surface area contributed by atoms with Crippen LogP contribution in [0.1, 0.15) is 29.2 Å². The van der Waals surface area contributed by atoms with Crippen molar-refractivity contribution in [2.24, 2.45) is 4.99 Å². The lowest BCUT2D eigenvalue weighted by molar-refractivity contribution is 0.392. The van der Waals surface area contributed by atoms with Crippen molar-refractivity contribution in [3.63, 3.8) is 0 Å². The van der Waals surface area contributed by atoms with Crippen molar-refractivity contribution >= 4 is 5.96 Å². The number of aliphatic imine (C=N–C) groups is 1. The fraction of sp³-hybridized carbons (Fsp3) is 0.381. The Morgan fingerprint density at radius 2 is 1.69 bits per heavy atom. The number of nitrogens with one attached hydrogen (secondary N) is 2. The van der Waals surface area contributed by atoms with Crippen LogP contribution in [0.4, 0.5) is 4.39 Å². The first kappa shape index (κ1) is 19.9. The topological polar surface area (TPSA) is 39.7 Å². The molecule has 0 aliphatic rings. The molecule has 5 heteroatoms. The van der Waals surface area contributed by atoms with E-state index in [4.69, 9.17) is 0 Å². The highest BCUT2D eigenvalue weighted by atomic mass is 19.1. The normalized spacial score (nSPS) is 11.7. The molecule has 0 atom stereocenters. The Hall–Kier alpha value is -2.40. The molecule has 2 aromatic rings. The number of guanidine groups is 1. The maximum absolute atomic E-state index is 13.9. The van der Waals surface area contributed by atoms with Crippen molar-refractivity contribution in [3.8, 4) is 0 Å². The van der Waals surface area contributed by atoms with Gasteiger partial charge in [-0.2, -0.15) is 0 Å². The third-order valence-electron chi connectivity index (χ3n) is 4.23. The molecule has 2 rings (SSSR count). The Labute approximate surface area is 156 Å². The van der Waals surface area contributed by atoms with E-state index in [9.17, 15) is 4.39 Å². The van der Waals surface area contributed by atoms with E-state index in [2.05, 4.69) is 46.8 Å². The summed E-state index contributed by atoms with van der Waals surface area (Å²) in [5.74, 6) is 0.565. The summed E-state index contributed by atoms with van der Waals surface area (Å²) < 4.78 is 13.9. The van der Waals surface area contributed by atoms with Gasteiger partial charge in [-0.3, -0.25) is 4.99 Å². The second-order valence-corrected chi connectivity index (χ2v) is 6.57. The van der Waals surface area contributed by atoms with Crippen molar-refractivity contribution in [3.05, 3.63) is 70.5 Å². The molecule has 26 heavy (non-hydrogen) atoms. The Morgan fingerprint density at radius 1 is 1.00 bits per heavy atom. The number of rotatable bonds is 7. The van der Waals surface area contributed by atoms with Crippen molar-refractivity contribution in [1.29, 1.82) is 0 Å². The zero-order valence-electron chi connectivity index (χ0n) is 16.1. The molecule has 2 aromatic carbocycles. The summed E-state index contributed by atoms with van der Waals surface area (Å²) in [5.41, 5.74) is 4.34. The zero-order valence-corrected chi connectivity index (χ0v) is 16.1. The molecule has 0 aromatic heterocycles. The predicted molar refractivity (Wildman–Crippen MR) is 107 cm³/mol. The second kappa shape index (κ2) is 9.92. The fourth-order valence-electron chi connectivity index (χ4n) is 2.86. The molecule has 0 aliphatic heterocycles. The first-order chi connectivity index (χ1) is 12.5. The molecule has 4 nitrogen and oxygen atoms in total. The van der Waals surface area contributed by atoms with Crippen molar-refractivity contribution in [2.45, 2.75) is 33.0 Å². The van der Waals surface area contributed by atoms with Crippen LogP contribution in [0.15, 0.2) is 47.5 Å². The van der Waals surface area contributed by atoms with Gasteiger partial charge in [0.1, 0.15) is 5.82 Å². The number of hydrogen-bond acceptors (Lipinski definition) is 2. The minimum atomic E-state index is -0.166. The number of hydrogen-bond donors (Lipinski definition) is 2. The van der Waals surface area contributed by atoms with Crippen LogP contribution in [0.3, 0.4) is 0 Å². The molecular weight excluding hydrogens is 327 g/mol. The largest absolute Gasteiger partial charge is 0.352 e. The van der Waals surface area contributed by atoms with Crippen LogP contribution < -0.4 is 10.6 Å². The summed E-state index contributed by atoms with van der Waals surface area (Å²) in [6, 6.07) is 13.6. The summed E-state index contributed by atoms with van der Waals surface area (Å²) in [6.07, 6.45) is 1.01. The van der Waals surface area contributed by atoms with Gasteiger partial charge in [-0.1, -0.05) is 37.3 Å². The number of benzene rings is 2. The van der Waals surface area contributed by atoms with E-state index in [-0.39, 0.29) is 5.82 Å². The van der Waals surface area contributed by atoms with Crippen molar-refractivity contribution in [1.82, 2.24) is 15.5 Å². The molecule has 0 fully saturated rings. The summed E-state index contributed by atoms with van der Waals surface area (Å²) in [7, 11) is 5.62. The molecule has 0 saturated heterocycles. The zero-order chi connectivity index (χ0) is 18.9. The first-order valence-corrected chi connectivity index (χ1v) is 8.96. The van der Waals surface area contributed by atoms with Crippen LogP contribution in [0.2, 0.25) is 0 Å². The lowest BCUT2D eigenvalue weighted by atomic mass is 10.1. The van der Waals surface area contributed by atoms with Gasteiger partial charge in [-0.05, 0) is 49.3 Å². The van der Waals surface area contributed by atoms with Gasteiger partial charge in [0.25, 0.3) is 0 Å². The summed E-state index contributed by atoms with van der Waals surface area (Å²) in [6.45, 7) is 4.06. The molecule has 0 saturated carbocycles. The predicted octanol–water partition coefficient (Wildman–Crippen LogP) is 3.31. The molecule has 0 radical (unpaired) electrons. The molecule has 0 aliphatic carbocycles. The molecule has 0 unspecified atom stereocenters. The van der Waals surface area contributed by atoms with Crippen molar-refractivity contribution < 1.29 is 4.39 Å². The van der Waals surface area contributed by atoms with E-state index in [1.165, 1.54) is 17.2 Å². The van der Waals surface area contributed by atoms with Crippen LogP contribution in [-0.2, 0) is 26.1 Å². The second-order valence-electron chi connectivity index (χ2n) is 6.57. The molecule has 0 heterocycles. The fourth-order valence-corrected chi connectivity index (χ4v) is 2.86. The van der Waals surface area contributed by atoms with Crippen LogP contribution in [0, 0.1) is 5.82 Å². The van der Waals surface area contributed by atoms with E-state index < -0.39 is 0 Å². The van der Waals surface area contributed by atoms with Gasteiger partial charge in [0.15, 0.2) is 5.96 Å². The van der Waals surface area contributed by atoms with Gasteiger partial charge in [0.2, 0.25) is 0 Å². The average Bonchev–Trinajstić information content (AvgIpc) is 2.64. The molecule has 0 spiro atoms. The number of nitrogens with zero attached hydrogens (tertiary/aromatic N) is 2. The van der Waals surface area contributed by atoms with Gasteiger partial charge in [0.05, 0.1) is 0 Å². The Morgan fingerprint density at radius 3 is 2.35 bits per heavy atom. The first-order valence-electron chi connectivity index (χ1n) is 8.96. The Balaban J connectivity index is 1.95.